The number of anilines is 1. The van der Waals surface area contributed by atoms with E-state index in [1.807, 2.05) is 41.7 Å². The molecule has 0 bridgehead atoms. The van der Waals surface area contributed by atoms with Gasteiger partial charge in [0.15, 0.2) is 5.82 Å². The Balaban J connectivity index is 1.50. The van der Waals surface area contributed by atoms with E-state index in [2.05, 4.69) is 30.8 Å². The number of imidazole rings is 2. The molecule has 9 nitrogen and oxygen atoms in total. The molecule has 0 unspecified atom stereocenters. The van der Waals surface area contributed by atoms with Gasteiger partial charge in [0.05, 0.1) is 5.69 Å². The Morgan fingerprint density at radius 1 is 1.08 bits per heavy atom. The van der Waals surface area contributed by atoms with E-state index in [9.17, 15) is 4.79 Å². The Kier molecular flexibility index (Phi) is 4.11. The Labute approximate surface area is 150 Å². The molecular weight excluding hydrogens is 332 g/mol. The quantitative estimate of drug-likeness (QED) is 0.728. The Morgan fingerprint density at radius 2 is 1.73 bits per heavy atom. The Hall–Kier alpha value is -3.23. The van der Waals surface area contributed by atoms with E-state index in [0.29, 0.717) is 23.4 Å². The molecule has 4 rings (SSSR count). The molecule has 3 heterocycles. The number of hydrogen-bond acceptors (Lipinski definition) is 5. The van der Waals surface area contributed by atoms with E-state index >= 15 is 0 Å². The van der Waals surface area contributed by atoms with Gasteiger partial charge < -0.3 is 14.5 Å². The summed E-state index contributed by atoms with van der Waals surface area (Å²) in [5.41, 5.74) is 0.981. The van der Waals surface area contributed by atoms with Crippen LogP contribution in [0.15, 0.2) is 36.9 Å². The summed E-state index contributed by atoms with van der Waals surface area (Å²) in [7, 11) is 3.75. The van der Waals surface area contributed by atoms with Gasteiger partial charge in [0.1, 0.15) is 17.7 Å². The average Bonchev–Trinajstić information content (AvgIpc) is 3.26. The zero-order chi connectivity index (χ0) is 18.1. The normalized spacial score (nSPS) is 13.8. The van der Waals surface area contributed by atoms with Crippen molar-refractivity contribution >= 4 is 11.8 Å². The second kappa shape index (κ2) is 6.58. The second-order valence-corrected chi connectivity index (χ2v) is 6.44. The van der Waals surface area contributed by atoms with E-state index in [-0.39, 0.29) is 0 Å². The summed E-state index contributed by atoms with van der Waals surface area (Å²) in [6.45, 7) is 0. The third kappa shape index (κ3) is 3.28. The summed E-state index contributed by atoms with van der Waals surface area (Å²) in [6.07, 6.45) is 9.35. The summed E-state index contributed by atoms with van der Waals surface area (Å²) in [5, 5.41) is 13.9. The minimum Gasteiger partial charge on any atom is -0.336 e. The highest BCUT2D eigenvalue weighted by Gasteiger charge is 2.26. The van der Waals surface area contributed by atoms with Crippen LogP contribution in [0.25, 0.3) is 0 Å². The summed E-state index contributed by atoms with van der Waals surface area (Å²) in [4.78, 5) is 21.2. The standard InChI is InChI=1S/C17H20N8O/c1-24-9-7-18-15(24)14(16-19-8-10-25(16)2)21-17(26)20-13-6-5-12(22-23-13)11-3-4-11/h5-11,14H,3-4H2,1-2H3,(H2,20,21,23,26). The Bertz CT molecular complexity index is 869. The lowest BCUT2D eigenvalue weighted by Crippen LogP contribution is -2.36. The van der Waals surface area contributed by atoms with Crippen LogP contribution < -0.4 is 10.6 Å². The topological polar surface area (TPSA) is 103 Å². The molecule has 134 valence electrons. The first-order chi connectivity index (χ1) is 12.6. The van der Waals surface area contributed by atoms with E-state index in [1.54, 1.807) is 18.5 Å². The molecular formula is C17H20N8O. The van der Waals surface area contributed by atoms with Crippen molar-refractivity contribution < 1.29 is 4.79 Å². The van der Waals surface area contributed by atoms with Gasteiger partial charge in [-0.15, -0.1) is 5.10 Å². The fraction of sp³-hybridized carbons (Fsp3) is 0.353. The molecule has 0 atom stereocenters. The number of nitrogens with one attached hydrogen (secondary N) is 2. The molecule has 3 aromatic heterocycles. The summed E-state index contributed by atoms with van der Waals surface area (Å²) in [5.74, 6) is 2.31. The summed E-state index contributed by atoms with van der Waals surface area (Å²) < 4.78 is 3.70. The van der Waals surface area contributed by atoms with Crippen molar-refractivity contribution in [3.63, 3.8) is 0 Å². The first kappa shape index (κ1) is 16.2. The molecule has 26 heavy (non-hydrogen) atoms. The van der Waals surface area contributed by atoms with Gasteiger partial charge in [-0.1, -0.05) is 0 Å². The van der Waals surface area contributed by atoms with Crippen LogP contribution in [0.2, 0.25) is 0 Å². The minimum absolute atomic E-state index is 0.394. The lowest BCUT2D eigenvalue weighted by Gasteiger charge is -2.18. The predicted molar refractivity (Wildman–Crippen MR) is 94.4 cm³/mol. The third-order valence-corrected chi connectivity index (χ3v) is 4.43. The number of rotatable bonds is 5. The highest BCUT2D eigenvalue weighted by Crippen LogP contribution is 2.38. The van der Waals surface area contributed by atoms with Crippen molar-refractivity contribution in [3.8, 4) is 0 Å². The van der Waals surface area contributed by atoms with Crippen LogP contribution in [0.5, 0.6) is 0 Å². The van der Waals surface area contributed by atoms with Gasteiger partial charge in [0, 0.05) is 44.8 Å². The van der Waals surface area contributed by atoms with E-state index in [0.717, 1.165) is 18.5 Å². The first-order valence-corrected chi connectivity index (χ1v) is 8.47. The van der Waals surface area contributed by atoms with Crippen molar-refractivity contribution in [2.75, 3.05) is 5.32 Å². The van der Waals surface area contributed by atoms with Crippen LogP contribution in [0.3, 0.4) is 0 Å². The molecule has 1 fully saturated rings. The van der Waals surface area contributed by atoms with Gasteiger partial charge in [0.2, 0.25) is 0 Å². The van der Waals surface area contributed by atoms with E-state index in [4.69, 9.17) is 0 Å². The number of carbonyl (C=O) groups is 1. The molecule has 2 amide bonds. The highest BCUT2D eigenvalue weighted by atomic mass is 16.2. The van der Waals surface area contributed by atoms with Gasteiger partial charge in [-0.2, -0.15) is 5.10 Å². The number of nitrogens with zero attached hydrogens (tertiary/aromatic N) is 6. The molecule has 0 aliphatic heterocycles. The minimum atomic E-state index is -0.492. The smallest absolute Gasteiger partial charge is 0.321 e. The van der Waals surface area contributed by atoms with Crippen molar-refractivity contribution in [2.45, 2.75) is 24.8 Å². The van der Waals surface area contributed by atoms with Crippen molar-refractivity contribution in [3.05, 3.63) is 54.3 Å². The van der Waals surface area contributed by atoms with Gasteiger partial charge in [0.25, 0.3) is 0 Å². The van der Waals surface area contributed by atoms with Crippen molar-refractivity contribution in [2.24, 2.45) is 14.1 Å². The molecule has 2 N–H and O–H groups in total. The SMILES string of the molecule is Cn1ccnc1C(NC(=O)Nc1ccc(C2CC2)nn1)c1nccn1C. The number of aryl methyl sites for hydroxylation is 2. The van der Waals surface area contributed by atoms with Crippen molar-refractivity contribution in [1.82, 2.24) is 34.6 Å². The van der Waals surface area contributed by atoms with Gasteiger partial charge in [-0.3, -0.25) is 5.32 Å². The fourth-order valence-corrected chi connectivity index (χ4v) is 2.84. The fourth-order valence-electron chi connectivity index (χ4n) is 2.84. The maximum absolute atomic E-state index is 12.5. The second-order valence-electron chi connectivity index (χ2n) is 6.44. The number of urea groups is 1. The number of hydrogen-bond donors (Lipinski definition) is 2. The van der Waals surface area contributed by atoms with Gasteiger partial charge >= 0.3 is 6.03 Å². The molecule has 0 radical (unpaired) electrons. The summed E-state index contributed by atoms with van der Waals surface area (Å²) in [6, 6.07) is 2.80. The van der Waals surface area contributed by atoms with Crippen molar-refractivity contribution in [1.29, 1.82) is 0 Å². The zero-order valence-corrected chi connectivity index (χ0v) is 14.6. The molecule has 1 aliphatic rings. The van der Waals surface area contributed by atoms with Crippen LogP contribution in [-0.4, -0.2) is 35.3 Å². The van der Waals surface area contributed by atoms with E-state index < -0.39 is 12.1 Å². The first-order valence-electron chi connectivity index (χ1n) is 8.47. The summed E-state index contributed by atoms with van der Waals surface area (Å²) >= 11 is 0. The van der Waals surface area contributed by atoms with Crippen LogP contribution in [0.1, 0.15) is 42.1 Å². The maximum atomic E-state index is 12.5. The predicted octanol–water partition coefficient (Wildman–Crippen LogP) is 1.73. The van der Waals surface area contributed by atoms with Crippen LogP contribution in [-0.2, 0) is 14.1 Å². The molecule has 1 aliphatic carbocycles. The monoisotopic (exact) mass is 352 g/mol. The lowest BCUT2D eigenvalue weighted by molar-refractivity contribution is 0.249. The largest absolute Gasteiger partial charge is 0.336 e. The highest BCUT2D eigenvalue weighted by molar-refractivity contribution is 5.88. The number of aromatic nitrogens is 6. The molecule has 3 aromatic rings. The number of amides is 2. The van der Waals surface area contributed by atoms with Crippen LogP contribution in [0.4, 0.5) is 10.6 Å². The van der Waals surface area contributed by atoms with Crippen LogP contribution >= 0.6 is 0 Å². The molecule has 9 heteroatoms. The molecule has 0 saturated heterocycles. The maximum Gasteiger partial charge on any atom is 0.321 e. The van der Waals surface area contributed by atoms with Gasteiger partial charge in [-0.25, -0.2) is 14.8 Å². The van der Waals surface area contributed by atoms with Crippen LogP contribution in [0, 0.1) is 0 Å². The molecule has 0 spiro atoms. The van der Waals surface area contributed by atoms with Gasteiger partial charge in [-0.05, 0) is 25.0 Å². The average molecular weight is 352 g/mol. The lowest BCUT2D eigenvalue weighted by atomic mass is 10.2. The zero-order valence-electron chi connectivity index (χ0n) is 14.6. The molecule has 0 aromatic carbocycles. The molecule has 1 saturated carbocycles. The Morgan fingerprint density at radius 3 is 2.19 bits per heavy atom. The van der Waals surface area contributed by atoms with E-state index in [1.165, 1.54) is 0 Å². The third-order valence-electron chi connectivity index (χ3n) is 4.43. The number of carbonyl (C=O) groups excluding carboxylic acids is 1.